The van der Waals surface area contributed by atoms with Gasteiger partial charge in [0, 0.05) is 6.07 Å². The molecule has 14 heavy (non-hydrogen) atoms. The van der Waals surface area contributed by atoms with Gasteiger partial charge in [-0.1, -0.05) is 6.92 Å². The lowest BCUT2D eigenvalue weighted by Gasteiger charge is -2.10. The fourth-order valence-corrected chi connectivity index (χ4v) is 0.978. The molecule has 0 aromatic heterocycles. The van der Waals surface area contributed by atoms with E-state index in [2.05, 4.69) is 12.6 Å². The van der Waals surface area contributed by atoms with Crippen molar-refractivity contribution >= 4 is 12.6 Å². The molecule has 4 heteroatoms. The third-order valence-electron chi connectivity index (χ3n) is 1.73. The molecule has 1 unspecified atom stereocenters. The number of halogens is 2. The van der Waals surface area contributed by atoms with Crippen LogP contribution in [0.15, 0.2) is 18.2 Å². The molecule has 1 nitrogen and oxygen atoms in total. The molecule has 0 bridgehead atoms. The highest BCUT2D eigenvalue weighted by Crippen LogP contribution is 2.18. The number of hydrogen-bond acceptors (Lipinski definition) is 2. The Hall–Kier alpha value is -0.770. The maximum absolute atomic E-state index is 13.0. The van der Waals surface area contributed by atoms with Crippen molar-refractivity contribution in [3.63, 3.8) is 0 Å². The van der Waals surface area contributed by atoms with Crippen molar-refractivity contribution in [1.29, 1.82) is 0 Å². The standard InChI is InChI=1S/C10H12F2OS/c1-7(6-14)5-13-10-4-8(11)2-3-9(10)12/h2-4,7,14H,5-6H2,1H3. The van der Waals surface area contributed by atoms with Gasteiger partial charge in [0.05, 0.1) is 6.61 Å². The second-order valence-electron chi connectivity index (χ2n) is 3.17. The summed E-state index contributed by atoms with van der Waals surface area (Å²) in [7, 11) is 0. The molecule has 1 rings (SSSR count). The highest BCUT2D eigenvalue weighted by Gasteiger charge is 2.06. The van der Waals surface area contributed by atoms with Crippen molar-refractivity contribution in [3.05, 3.63) is 29.8 Å². The summed E-state index contributed by atoms with van der Waals surface area (Å²) in [5.74, 6) is -0.228. The predicted molar refractivity (Wildman–Crippen MR) is 54.9 cm³/mol. The van der Waals surface area contributed by atoms with E-state index in [9.17, 15) is 8.78 Å². The van der Waals surface area contributed by atoms with Gasteiger partial charge in [-0.3, -0.25) is 0 Å². The number of benzene rings is 1. The van der Waals surface area contributed by atoms with Crippen molar-refractivity contribution in [2.45, 2.75) is 6.92 Å². The zero-order valence-corrected chi connectivity index (χ0v) is 8.73. The molecule has 0 N–H and O–H groups in total. The first-order valence-corrected chi connectivity index (χ1v) is 4.95. The van der Waals surface area contributed by atoms with Gasteiger partial charge in [-0.2, -0.15) is 12.6 Å². The highest BCUT2D eigenvalue weighted by molar-refractivity contribution is 7.80. The molecule has 0 aliphatic carbocycles. The summed E-state index contributed by atoms with van der Waals surface area (Å²) >= 11 is 4.06. The average molecular weight is 218 g/mol. The molecular formula is C10H12F2OS. The van der Waals surface area contributed by atoms with E-state index >= 15 is 0 Å². The fourth-order valence-electron chi connectivity index (χ4n) is 0.873. The van der Waals surface area contributed by atoms with E-state index in [0.717, 1.165) is 18.2 Å². The summed E-state index contributed by atoms with van der Waals surface area (Å²) in [5, 5.41) is 0. The molecule has 0 amide bonds. The van der Waals surface area contributed by atoms with E-state index in [1.165, 1.54) is 0 Å². The molecule has 0 spiro atoms. The van der Waals surface area contributed by atoms with Gasteiger partial charge in [0.2, 0.25) is 0 Å². The second-order valence-corrected chi connectivity index (χ2v) is 3.54. The summed E-state index contributed by atoms with van der Waals surface area (Å²) in [6.45, 7) is 2.26. The molecule has 0 fully saturated rings. The molecule has 0 saturated carbocycles. The van der Waals surface area contributed by atoms with E-state index < -0.39 is 11.6 Å². The number of thiol groups is 1. The Morgan fingerprint density at radius 1 is 1.43 bits per heavy atom. The maximum Gasteiger partial charge on any atom is 0.165 e. The minimum atomic E-state index is -0.544. The minimum absolute atomic E-state index is 0.0429. The lowest BCUT2D eigenvalue weighted by molar-refractivity contribution is 0.260. The largest absolute Gasteiger partial charge is 0.490 e. The molecule has 0 saturated heterocycles. The predicted octanol–water partition coefficient (Wildman–Crippen LogP) is 2.91. The topological polar surface area (TPSA) is 9.23 Å². The lowest BCUT2D eigenvalue weighted by Crippen LogP contribution is -2.10. The van der Waals surface area contributed by atoms with Crippen LogP contribution in [0.25, 0.3) is 0 Å². The van der Waals surface area contributed by atoms with Crippen LogP contribution in [0.3, 0.4) is 0 Å². The van der Waals surface area contributed by atoms with Gasteiger partial charge in [0.25, 0.3) is 0 Å². The van der Waals surface area contributed by atoms with E-state index in [1.54, 1.807) is 0 Å². The van der Waals surface area contributed by atoms with Gasteiger partial charge in [-0.05, 0) is 23.8 Å². The van der Waals surface area contributed by atoms with Crippen molar-refractivity contribution in [1.82, 2.24) is 0 Å². The van der Waals surface area contributed by atoms with E-state index in [0.29, 0.717) is 12.4 Å². The second kappa shape index (κ2) is 5.20. The van der Waals surface area contributed by atoms with Crippen LogP contribution in [0, 0.1) is 17.6 Å². The smallest absolute Gasteiger partial charge is 0.165 e. The third kappa shape index (κ3) is 3.18. The van der Waals surface area contributed by atoms with Crippen LogP contribution in [-0.2, 0) is 0 Å². The van der Waals surface area contributed by atoms with Gasteiger partial charge in [-0.15, -0.1) is 0 Å². The van der Waals surface area contributed by atoms with Crippen LogP contribution >= 0.6 is 12.6 Å². The van der Waals surface area contributed by atoms with Gasteiger partial charge in [0.1, 0.15) is 5.82 Å². The van der Waals surface area contributed by atoms with Gasteiger partial charge >= 0.3 is 0 Å². The Morgan fingerprint density at radius 3 is 2.79 bits per heavy atom. The van der Waals surface area contributed by atoms with Crippen molar-refractivity contribution in [2.24, 2.45) is 5.92 Å². The fraction of sp³-hybridized carbons (Fsp3) is 0.400. The summed E-state index contributed by atoms with van der Waals surface area (Å²) < 4.78 is 30.8. The van der Waals surface area contributed by atoms with Crippen LogP contribution < -0.4 is 4.74 Å². The average Bonchev–Trinajstić information content (AvgIpc) is 2.19. The SMILES string of the molecule is CC(CS)COc1cc(F)ccc1F. The summed E-state index contributed by atoms with van der Waals surface area (Å²) in [6.07, 6.45) is 0. The van der Waals surface area contributed by atoms with Crippen LogP contribution in [0.4, 0.5) is 8.78 Å². The van der Waals surface area contributed by atoms with Gasteiger partial charge < -0.3 is 4.74 Å². The van der Waals surface area contributed by atoms with E-state index in [-0.39, 0.29) is 11.7 Å². The summed E-state index contributed by atoms with van der Waals surface area (Å²) in [5.41, 5.74) is 0. The first kappa shape index (κ1) is 11.3. The lowest BCUT2D eigenvalue weighted by atomic mass is 10.2. The number of hydrogen-bond donors (Lipinski definition) is 1. The van der Waals surface area contributed by atoms with Crippen LogP contribution in [0.2, 0.25) is 0 Å². The monoisotopic (exact) mass is 218 g/mol. The Morgan fingerprint density at radius 2 is 2.14 bits per heavy atom. The quantitative estimate of drug-likeness (QED) is 0.764. The number of rotatable bonds is 4. The molecule has 1 aromatic rings. The molecule has 0 aliphatic heterocycles. The maximum atomic E-state index is 13.0. The van der Waals surface area contributed by atoms with Crippen molar-refractivity contribution in [2.75, 3.05) is 12.4 Å². The van der Waals surface area contributed by atoms with Crippen molar-refractivity contribution < 1.29 is 13.5 Å². The molecule has 0 heterocycles. The summed E-state index contributed by atoms with van der Waals surface area (Å²) in [6, 6.07) is 3.15. The molecular weight excluding hydrogens is 206 g/mol. The zero-order valence-electron chi connectivity index (χ0n) is 7.84. The first-order valence-electron chi connectivity index (χ1n) is 4.32. The van der Waals surface area contributed by atoms with Crippen LogP contribution in [0.5, 0.6) is 5.75 Å². The minimum Gasteiger partial charge on any atom is -0.490 e. The van der Waals surface area contributed by atoms with Gasteiger partial charge in [0.15, 0.2) is 11.6 Å². The molecule has 1 atom stereocenters. The van der Waals surface area contributed by atoms with Gasteiger partial charge in [-0.25, -0.2) is 8.78 Å². The van der Waals surface area contributed by atoms with E-state index in [1.807, 2.05) is 6.92 Å². The Balaban J connectivity index is 2.62. The normalized spacial score (nSPS) is 12.6. The molecule has 0 aliphatic rings. The Bertz CT molecular complexity index is 304. The molecule has 0 radical (unpaired) electrons. The first-order chi connectivity index (χ1) is 6.63. The highest BCUT2D eigenvalue weighted by atomic mass is 32.1. The molecule has 78 valence electrons. The van der Waals surface area contributed by atoms with Crippen LogP contribution in [0.1, 0.15) is 6.92 Å². The zero-order chi connectivity index (χ0) is 10.6. The van der Waals surface area contributed by atoms with E-state index in [4.69, 9.17) is 4.74 Å². The summed E-state index contributed by atoms with van der Waals surface area (Å²) in [4.78, 5) is 0. The third-order valence-corrected chi connectivity index (χ3v) is 2.35. The molecule has 1 aromatic carbocycles. The number of ether oxygens (including phenoxy) is 1. The Kier molecular flexibility index (Phi) is 4.20. The van der Waals surface area contributed by atoms with Crippen molar-refractivity contribution in [3.8, 4) is 5.75 Å². The van der Waals surface area contributed by atoms with Crippen LogP contribution in [-0.4, -0.2) is 12.4 Å². The Labute approximate surface area is 87.5 Å².